The molecule has 0 fully saturated rings. The molecule has 0 heterocycles. The fourth-order valence-electron chi connectivity index (χ4n) is 6.41. The highest BCUT2D eigenvalue weighted by Gasteiger charge is 2.12. The maximum atomic E-state index is 12.2. The van der Waals surface area contributed by atoms with Crippen molar-refractivity contribution in [2.75, 3.05) is 32.8 Å². The first-order valence-electron chi connectivity index (χ1n) is 19.7. The Morgan fingerprint density at radius 1 is 0.568 bits per heavy atom. The van der Waals surface area contributed by atoms with Gasteiger partial charge in [0.05, 0.1) is 12.7 Å². The molecule has 0 aromatic carbocycles. The van der Waals surface area contributed by atoms with Crippen LogP contribution in [0.1, 0.15) is 201 Å². The number of esters is 1. The van der Waals surface area contributed by atoms with Crippen molar-refractivity contribution >= 4 is 5.97 Å². The maximum Gasteiger partial charge on any atom is 0.305 e. The summed E-state index contributed by atoms with van der Waals surface area (Å²) in [4.78, 5) is 14.5. The number of aliphatic hydroxyl groups excluding tert-OH is 2. The number of ether oxygens (including phenoxy) is 1. The van der Waals surface area contributed by atoms with Gasteiger partial charge in [0.15, 0.2) is 0 Å². The highest BCUT2D eigenvalue weighted by atomic mass is 16.5. The van der Waals surface area contributed by atoms with Crippen LogP contribution in [0, 0.1) is 5.92 Å². The fourth-order valence-corrected chi connectivity index (χ4v) is 6.41. The third-order valence-corrected chi connectivity index (χ3v) is 9.30. The summed E-state index contributed by atoms with van der Waals surface area (Å²) in [5.74, 6) is 0.782. The molecule has 0 rings (SSSR count). The molecular weight excluding hydrogens is 546 g/mol. The first-order valence-corrected chi connectivity index (χ1v) is 19.7. The zero-order valence-electron chi connectivity index (χ0n) is 30.1. The van der Waals surface area contributed by atoms with E-state index in [1.165, 1.54) is 116 Å². The summed E-state index contributed by atoms with van der Waals surface area (Å²) in [5, 5.41) is 19.9. The Morgan fingerprint density at radius 2 is 1.02 bits per heavy atom. The van der Waals surface area contributed by atoms with Crippen molar-refractivity contribution in [3.05, 3.63) is 0 Å². The highest BCUT2D eigenvalue weighted by Crippen LogP contribution is 2.22. The topological polar surface area (TPSA) is 70.0 Å². The molecule has 5 nitrogen and oxygen atoms in total. The van der Waals surface area contributed by atoms with Crippen molar-refractivity contribution in [2.24, 2.45) is 5.92 Å². The van der Waals surface area contributed by atoms with E-state index in [9.17, 15) is 15.0 Å². The average Bonchev–Trinajstić information content (AvgIpc) is 3.02. The molecule has 0 radical (unpaired) electrons. The van der Waals surface area contributed by atoms with Crippen molar-refractivity contribution in [1.82, 2.24) is 4.90 Å². The Morgan fingerprint density at radius 3 is 1.61 bits per heavy atom. The number of carbonyl (C=O) groups is 1. The number of aliphatic hydroxyl groups is 2. The van der Waals surface area contributed by atoms with E-state index < -0.39 is 0 Å². The van der Waals surface area contributed by atoms with Gasteiger partial charge in [-0.15, -0.1) is 0 Å². The minimum Gasteiger partial charge on any atom is -0.466 e. The molecule has 0 aliphatic heterocycles. The van der Waals surface area contributed by atoms with Crippen LogP contribution in [0.5, 0.6) is 0 Å². The molecule has 44 heavy (non-hydrogen) atoms. The van der Waals surface area contributed by atoms with Crippen LogP contribution in [-0.2, 0) is 9.53 Å². The number of hydrogen-bond donors (Lipinski definition) is 2. The van der Waals surface area contributed by atoms with E-state index in [1.54, 1.807) is 0 Å². The van der Waals surface area contributed by atoms with Gasteiger partial charge < -0.3 is 19.8 Å². The van der Waals surface area contributed by atoms with E-state index in [0.29, 0.717) is 13.0 Å². The summed E-state index contributed by atoms with van der Waals surface area (Å²) in [7, 11) is 0. The zero-order valence-corrected chi connectivity index (χ0v) is 30.1. The second kappa shape index (κ2) is 35.2. The fraction of sp³-hybridized carbons (Fsp3) is 0.974. The van der Waals surface area contributed by atoms with Gasteiger partial charge in [0.25, 0.3) is 0 Å². The molecule has 0 saturated heterocycles. The molecule has 0 aliphatic carbocycles. The lowest BCUT2D eigenvalue weighted by molar-refractivity contribution is -0.144. The first-order chi connectivity index (χ1) is 21.6. The highest BCUT2D eigenvalue weighted by molar-refractivity contribution is 5.69. The van der Waals surface area contributed by atoms with Crippen LogP contribution in [0.3, 0.4) is 0 Å². The van der Waals surface area contributed by atoms with E-state index in [2.05, 4.69) is 25.7 Å². The number of rotatable bonds is 36. The quantitative estimate of drug-likeness (QED) is 0.0535. The summed E-state index contributed by atoms with van der Waals surface area (Å²) < 4.78 is 5.56. The number of nitrogens with zero attached hydrogens (tertiary/aromatic N) is 1. The zero-order chi connectivity index (χ0) is 32.4. The second-order valence-electron chi connectivity index (χ2n) is 13.7. The smallest absolute Gasteiger partial charge is 0.305 e. The monoisotopic (exact) mass is 626 g/mol. The van der Waals surface area contributed by atoms with Crippen molar-refractivity contribution in [3.8, 4) is 0 Å². The molecule has 0 aromatic rings. The molecule has 0 bridgehead atoms. The molecule has 0 amide bonds. The van der Waals surface area contributed by atoms with Gasteiger partial charge in [-0.25, -0.2) is 0 Å². The number of unbranched alkanes of at least 4 members (excludes halogenated alkanes) is 17. The third kappa shape index (κ3) is 31.3. The number of carbonyl (C=O) groups excluding carboxylic acids is 1. The second-order valence-corrected chi connectivity index (χ2v) is 13.7. The summed E-state index contributed by atoms with van der Waals surface area (Å²) >= 11 is 0. The number of hydrogen-bond acceptors (Lipinski definition) is 5. The SMILES string of the molecule is CCCCCCCCCCCCC(O)CN(CCCO)CCCCCCCC(=O)OCCCC(CCCCC)CCCCC. The van der Waals surface area contributed by atoms with Gasteiger partial charge in [0.1, 0.15) is 0 Å². The van der Waals surface area contributed by atoms with Crippen molar-refractivity contribution in [3.63, 3.8) is 0 Å². The van der Waals surface area contributed by atoms with Crippen LogP contribution in [0.2, 0.25) is 0 Å². The predicted molar refractivity (Wildman–Crippen MR) is 190 cm³/mol. The summed E-state index contributed by atoms with van der Waals surface area (Å²) in [5.41, 5.74) is 0. The van der Waals surface area contributed by atoms with Crippen LogP contribution in [0.25, 0.3) is 0 Å². The third-order valence-electron chi connectivity index (χ3n) is 9.30. The van der Waals surface area contributed by atoms with Crippen LogP contribution < -0.4 is 0 Å². The van der Waals surface area contributed by atoms with Crippen molar-refractivity contribution in [2.45, 2.75) is 207 Å². The minimum atomic E-state index is -0.262. The summed E-state index contributed by atoms with van der Waals surface area (Å²) in [6, 6.07) is 0. The molecule has 0 aromatic heterocycles. The Hall–Kier alpha value is -0.650. The van der Waals surface area contributed by atoms with Crippen LogP contribution in [0.15, 0.2) is 0 Å². The molecule has 1 atom stereocenters. The lowest BCUT2D eigenvalue weighted by atomic mass is 9.91. The molecule has 5 heteroatoms. The molecule has 2 N–H and O–H groups in total. The first kappa shape index (κ1) is 43.4. The van der Waals surface area contributed by atoms with Crippen LogP contribution in [-0.4, -0.2) is 60.0 Å². The van der Waals surface area contributed by atoms with E-state index in [1.807, 2.05) is 0 Å². The van der Waals surface area contributed by atoms with Crippen LogP contribution in [0.4, 0.5) is 0 Å². The van der Waals surface area contributed by atoms with E-state index in [4.69, 9.17) is 4.74 Å². The van der Waals surface area contributed by atoms with Gasteiger partial charge in [-0.05, 0) is 51.0 Å². The molecule has 1 unspecified atom stereocenters. The van der Waals surface area contributed by atoms with Crippen LogP contribution >= 0.6 is 0 Å². The van der Waals surface area contributed by atoms with Gasteiger partial charge >= 0.3 is 5.97 Å². The lowest BCUT2D eigenvalue weighted by Crippen LogP contribution is -2.34. The maximum absolute atomic E-state index is 12.2. The van der Waals surface area contributed by atoms with Gasteiger partial charge in [-0.1, -0.05) is 156 Å². The van der Waals surface area contributed by atoms with Gasteiger partial charge in [-0.3, -0.25) is 4.79 Å². The minimum absolute atomic E-state index is 0.0231. The standard InChI is InChI=1S/C39H79NO4/c1-4-7-10-11-12-13-14-15-17-22-30-38(42)36-40(33-26-34-41)32-24-19-16-18-23-31-39(43)44-35-25-29-37(27-20-8-5-2)28-21-9-6-3/h37-38,41-42H,4-36H2,1-3H3. The van der Waals surface area contributed by atoms with E-state index in [0.717, 1.165) is 83.3 Å². The van der Waals surface area contributed by atoms with E-state index >= 15 is 0 Å². The van der Waals surface area contributed by atoms with E-state index in [-0.39, 0.29) is 18.7 Å². The van der Waals surface area contributed by atoms with Gasteiger partial charge in [-0.2, -0.15) is 0 Å². The Balaban J connectivity index is 3.89. The van der Waals surface area contributed by atoms with Crippen molar-refractivity contribution in [1.29, 1.82) is 0 Å². The predicted octanol–water partition coefficient (Wildman–Crippen LogP) is 10.8. The summed E-state index contributed by atoms with van der Waals surface area (Å²) in [6.45, 7) is 10.2. The molecule has 0 spiro atoms. The van der Waals surface area contributed by atoms with Crippen molar-refractivity contribution < 1.29 is 19.7 Å². The van der Waals surface area contributed by atoms with Gasteiger partial charge in [0.2, 0.25) is 0 Å². The van der Waals surface area contributed by atoms with Gasteiger partial charge in [0, 0.05) is 26.1 Å². The molecule has 0 saturated carbocycles. The largest absolute Gasteiger partial charge is 0.466 e. The summed E-state index contributed by atoms with van der Waals surface area (Å²) in [6.07, 6.45) is 33.4. The lowest BCUT2D eigenvalue weighted by Gasteiger charge is -2.25. The average molecular weight is 626 g/mol. The Labute approximate surface area is 275 Å². The molecule has 0 aliphatic rings. The Kier molecular flexibility index (Phi) is 34.7. The molecular formula is C39H79NO4. The normalized spacial score (nSPS) is 12.4. The molecule has 264 valence electrons. The Bertz CT molecular complexity index is 562.